The Morgan fingerprint density at radius 2 is 2.24 bits per heavy atom. The fourth-order valence-electron chi connectivity index (χ4n) is 1.64. The molecule has 2 heterocycles. The predicted molar refractivity (Wildman–Crippen MR) is 64.7 cm³/mol. The molecule has 1 saturated heterocycles. The van der Waals surface area contributed by atoms with Crippen LogP contribution < -0.4 is 4.90 Å². The maximum Gasteiger partial charge on any atom is 0.225 e. The van der Waals surface area contributed by atoms with Crippen molar-refractivity contribution in [1.29, 1.82) is 0 Å². The Balaban J connectivity index is 1.95. The molecule has 8 heteroatoms. The van der Waals surface area contributed by atoms with Crippen LogP contribution in [-0.2, 0) is 4.74 Å². The van der Waals surface area contributed by atoms with E-state index in [-0.39, 0.29) is 11.9 Å². The molecule has 2 N–H and O–H groups in total. The van der Waals surface area contributed by atoms with E-state index in [2.05, 4.69) is 20.9 Å². The fourth-order valence-corrected chi connectivity index (χ4v) is 1.94. The molecule has 1 aromatic rings. The first-order valence-corrected chi connectivity index (χ1v) is 5.83. The van der Waals surface area contributed by atoms with Gasteiger partial charge in [-0.2, -0.15) is 0 Å². The van der Waals surface area contributed by atoms with Crippen molar-refractivity contribution >= 4 is 29.6 Å². The van der Waals surface area contributed by atoms with Crippen molar-refractivity contribution in [1.82, 2.24) is 4.98 Å². The van der Waals surface area contributed by atoms with E-state index < -0.39 is 11.7 Å². The Morgan fingerprint density at radius 3 is 2.76 bits per heavy atom. The number of pyridine rings is 1. The monoisotopic (exact) mass is 304 g/mol. The van der Waals surface area contributed by atoms with Gasteiger partial charge in [0.15, 0.2) is 11.6 Å². The predicted octanol–water partition coefficient (Wildman–Crippen LogP) is -0.583. The molecule has 0 spiro atoms. The molecule has 0 radical (unpaired) electrons. The van der Waals surface area contributed by atoms with E-state index in [0.29, 0.717) is 17.6 Å². The van der Waals surface area contributed by atoms with E-state index >= 15 is 0 Å². The first-order valence-electron chi connectivity index (χ1n) is 5.04. The zero-order chi connectivity index (χ0) is 12.6. The summed E-state index contributed by atoms with van der Waals surface area (Å²) in [6.45, 7) is 0.754. The number of aromatic nitrogens is 1. The standard InChI is InChI=1S/C9H11BBrFN2O3/c10-9(15,16)17-6-3-14(4-6)8-7(12)1-5(11)2-13-8/h1-2,6,15-16H,3-4,10H2. The number of hydrogen-bond acceptors (Lipinski definition) is 5. The van der Waals surface area contributed by atoms with Gasteiger partial charge in [0.2, 0.25) is 13.7 Å². The van der Waals surface area contributed by atoms with Gasteiger partial charge in [0, 0.05) is 23.8 Å². The zero-order valence-corrected chi connectivity index (χ0v) is 10.7. The minimum Gasteiger partial charge on any atom is -0.352 e. The lowest BCUT2D eigenvalue weighted by molar-refractivity contribution is -0.297. The van der Waals surface area contributed by atoms with Crippen LogP contribution in [0.15, 0.2) is 16.7 Å². The minimum absolute atomic E-state index is 0.241. The molecule has 0 atom stereocenters. The quantitative estimate of drug-likeness (QED) is 0.578. The van der Waals surface area contributed by atoms with Gasteiger partial charge in [-0.25, -0.2) is 9.37 Å². The van der Waals surface area contributed by atoms with Crippen molar-refractivity contribution in [3.63, 3.8) is 0 Å². The summed E-state index contributed by atoms with van der Waals surface area (Å²) in [5.41, 5.74) is 0. The molecule has 0 aromatic carbocycles. The maximum absolute atomic E-state index is 13.5. The molecule has 0 unspecified atom stereocenters. The van der Waals surface area contributed by atoms with Crippen LogP contribution in [0, 0.1) is 5.82 Å². The Kier molecular flexibility index (Phi) is 3.40. The molecule has 1 fully saturated rings. The second kappa shape index (κ2) is 4.53. The first-order chi connectivity index (χ1) is 7.85. The van der Waals surface area contributed by atoms with Crippen molar-refractivity contribution in [3.8, 4) is 0 Å². The highest BCUT2D eigenvalue weighted by molar-refractivity contribution is 9.10. The summed E-state index contributed by atoms with van der Waals surface area (Å²) in [5.74, 6) is -2.33. The third-order valence-corrected chi connectivity index (χ3v) is 2.76. The molecule has 0 saturated carbocycles. The second-order valence-electron chi connectivity index (χ2n) is 4.04. The topological polar surface area (TPSA) is 65.8 Å². The van der Waals surface area contributed by atoms with Crippen LogP contribution in [0.4, 0.5) is 10.2 Å². The number of nitrogens with zero attached hydrogens (tertiary/aromatic N) is 2. The molecule has 2 rings (SSSR count). The summed E-state index contributed by atoms with van der Waals surface area (Å²) in [6.07, 6.45) is 1.18. The van der Waals surface area contributed by atoms with Gasteiger partial charge >= 0.3 is 0 Å². The van der Waals surface area contributed by atoms with Gasteiger partial charge in [0.05, 0.1) is 6.10 Å². The number of anilines is 1. The van der Waals surface area contributed by atoms with E-state index in [1.165, 1.54) is 12.3 Å². The lowest BCUT2D eigenvalue weighted by atomic mass is 10.1. The lowest BCUT2D eigenvalue weighted by Crippen LogP contribution is -2.56. The highest BCUT2D eigenvalue weighted by atomic mass is 79.9. The van der Waals surface area contributed by atoms with Crippen LogP contribution in [0.1, 0.15) is 0 Å². The van der Waals surface area contributed by atoms with Gasteiger partial charge in [-0.1, -0.05) is 0 Å². The summed E-state index contributed by atoms with van der Waals surface area (Å²) in [4.78, 5) is 5.62. The number of halogens is 2. The Bertz CT molecular complexity index is 423. The summed E-state index contributed by atoms with van der Waals surface area (Å²) in [7, 11) is 1.13. The SMILES string of the molecule is BC(O)(O)OC1CN(c2ncc(Br)cc2F)C1. The maximum atomic E-state index is 13.5. The van der Waals surface area contributed by atoms with Crippen molar-refractivity contribution in [2.45, 2.75) is 12.0 Å². The molecule has 1 aromatic heterocycles. The molecule has 92 valence electrons. The molecule has 17 heavy (non-hydrogen) atoms. The number of rotatable bonds is 3. The van der Waals surface area contributed by atoms with E-state index in [1.807, 2.05) is 0 Å². The summed E-state index contributed by atoms with van der Waals surface area (Å²) >= 11 is 3.13. The highest BCUT2D eigenvalue weighted by Crippen LogP contribution is 2.25. The van der Waals surface area contributed by atoms with Gasteiger partial charge in [-0.15, -0.1) is 0 Å². The van der Waals surface area contributed by atoms with E-state index in [1.54, 1.807) is 4.90 Å². The van der Waals surface area contributed by atoms with Crippen LogP contribution in [0.5, 0.6) is 0 Å². The zero-order valence-electron chi connectivity index (χ0n) is 9.10. The summed E-state index contributed by atoms with van der Waals surface area (Å²) < 4.78 is 19.0. The fraction of sp³-hybridized carbons (Fsp3) is 0.444. The van der Waals surface area contributed by atoms with Gasteiger partial charge in [0.1, 0.15) is 0 Å². The average Bonchev–Trinajstić information content (AvgIpc) is 2.10. The summed E-state index contributed by atoms with van der Waals surface area (Å²) in [5, 5.41) is 18.0. The minimum atomic E-state index is -2.15. The van der Waals surface area contributed by atoms with Crippen molar-refractivity contribution in [3.05, 3.63) is 22.6 Å². The van der Waals surface area contributed by atoms with Gasteiger partial charge < -0.3 is 19.8 Å². The van der Waals surface area contributed by atoms with Crippen LogP contribution >= 0.6 is 15.9 Å². The molecule has 5 nitrogen and oxygen atoms in total. The number of ether oxygens (including phenoxy) is 1. The number of hydrogen-bond donors (Lipinski definition) is 2. The van der Waals surface area contributed by atoms with Crippen molar-refractivity contribution < 1.29 is 19.3 Å². The summed E-state index contributed by atoms with van der Waals surface area (Å²) in [6, 6.07) is 1.33. The Labute approximate surface area is 107 Å². The molecule has 0 amide bonds. The molecular weight excluding hydrogens is 294 g/mol. The first kappa shape index (κ1) is 12.8. The van der Waals surface area contributed by atoms with Gasteiger partial charge in [-0.3, -0.25) is 0 Å². The smallest absolute Gasteiger partial charge is 0.225 e. The van der Waals surface area contributed by atoms with Crippen LogP contribution in [0.2, 0.25) is 0 Å². The van der Waals surface area contributed by atoms with Crippen LogP contribution in [0.3, 0.4) is 0 Å². The lowest BCUT2D eigenvalue weighted by Gasteiger charge is -2.41. The molecule has 0 bridgehead atoms. The molecule has 1 aliphatic heterocycles. The second-order valence-corrected chi connectivity index (χ2v) is 4.95. The van der Waals surface area contributed by atoms with Crippen molar-refractivity contribution in [2.75, 3.05) is 18.0 Å². The molecule has 1 aliphatic rings. The van der Waals surface area contributed by atoms with Gasteiger partial charge in [-0.05, 0) is 22.0 Å². The Hall–Kier alpha value is -0.695. The van der Waals surface area contributed by atoms with Crippen LogP contribution in [0.25, 0.3) is 0 Å². The third kappa shape index (κ3) is 3.15. The Morgan fingerprint density at radius 1 is 1.59 bits per heavy atom. The largest absolute Gasteiger partial charge is 0.352 e. The van der Waals surface area contributed by atoms with E-state index in [4.69, 9.17) is 14.9 Å². The van der Waals surface area contributed by atoms with E-state index in [9.17, 15) is 4.39 Å². The van der Waals surface area contributed by atoms with Crippen LogP contribution in [-0.4, -0.2) is 48.1 Å². The third-order valence-electron chi connectivity index (χ3n) is 2.33. The average molecular weight is 305 g/mol. The van der Waals surface area contributed by atoms with Crippen molar-refractivity contribution in [2.24, 2.45) is 0 Å². The van der Waals surface area contributed by atoms with Gasteiger partial charge in [0.25, 0.3) is 0 Å². The van der Waals surface area contributed by atoms with E-state index in [0.717, 1.165) is 7.85 Å². The highest BCUT2D eigenvalue weighted by Gasteiger charge is 2.34. The number of aliphatic hydroxyl groups is 2. The molecule has 0 aliphatic carbocycles. The normalized spacial score (nSPS) is 17.1. The molecular formula is C9H11BBrFN2O3.